The summed E-state index contributed by atoms with van der Waals surface area (Å²) in [5.41, 5.74) is 3.02. The number of fused-ring (bicyclic) bond motifs is 5. The van der Waals surface area contributed by atoms with Crippen LogP contribution >= 0.6 is 0 Å². The summed E-state index contributed by atoms with van der Waals surface area (Å²) >= 11 is 0. The van der Waals surface area contributed by atoms with E-state index in [0.29, 0.717) is 11.4 Å². The molecule has 2 aromatic rings. The van der Waals surface area contributed by atoms with Crippen LogP contribution in [0.1, 0.15) is 17.5 Å². The molecule has 2 fully saturated rings. The number of hydrogen-bond acceptors (Lipinski definition) is 3. The largest absolute Gasteiger partial charge is 0.457 e. The predicted octanol–water partition coefficient (Wildman–Crippen LogP) is 4.41. The molecule has 0 radical (unpaired) electrons. The van der Waals surface area contributed by atoms with Gasteiger partial charge in [0.15, 0.2) is 0 Å². The van der Waals surface area contributed by atoms with E-state index < -0.39 is 0 Å². The molecule has 0 unspecified atom stereocenters. The van der Waals surface area contributed by atoms with Gasteiger partial charge in [-0.3, -0.25) is 14.5 Å². The first-order valence-corrected chi connectivity index (χ1v) is 9.44. The molecule has 0 aromatic heterocycles. The van der Waals surface area contributed by atoms with Crippen LogP contribution in [0.2, 0.25) is 0 Å². The molecule has 0 N–H and O–H groups in total. The lowest BCUT2D eigenvalue weighted by Gasteiger charge is -2.17. The van der Waals surface area contributed by atoms with Crippen LogP contribution in [0.4, 0.5) is 5.69 Å². The first-order valence-electron chi connectivity index (χ1n) is 9.44. The lowest BCUT2D eigenvalue weighted by molar-refractivity contribution is -0.123. The number of carbonyl (C=O) groups excluding carboxylic acids is 2. The highest BCUT2D eigenvalue weighted by Gasteiger charge is 2.59. The van der Waals surface area contributed by atoms with Gasteiger partial charge in [0.05, 0.1) is 17.5 Å². The summed E-state index contributed by atoms with van der Waals surface area (Å²) in [6.45, 7) is 4.11. The van der Waals surface area contributed by atoms with Crippen molar-refractivity contribution < 1.29 is 14.3 Å². The molecule has 4 atom stereocenters. The number of nitrogens with zero attached hydrogens (tertiary/aromatic N) is 1. The normalized spacial score (nSPS) is 28.1. The molecule has 2 aromatic carbocycles. The van der Waals surface area contributed by atoms with Gasteiger partial charge >= 0.3 is 0 Å². The van der Waals surface area contributed by atoms with Crippen LogP contribution in [-0.4, -0.2) is 11.8 Å². The van der Waals surface area contributed by atoms with Gasteiger partial charge in [0.2, 0.25) is 11.8 Å². The summed E-state index contributed by atoms with van der Waals surface area (Å²) in [5, 5.41) is 0. The second kappa shape index (κ2) is 5.81. The number of benzene rings is 2. The Bertz CT molecular complexity index is 946. The molecule has 136 valence electrons. The minimum absolute atomic E-state index is 0.0512. The second-order valence-corrected chi connectivity index (χ2v) is 7.85. The van der Waals surface area contributed by atoms with Crippen molar-refractivity contribution in [2.75, 3.05) is 4.90 Å². The summed E-state index contributed by atoms with van der Waals surface area (Å²) in [6.07, 6.45) is 5.17. The van der Waals surface area contributed by atoms with Crippen molar-refractivity contribution in [2.24, 2.45) is 23.7 Å². The van der Waals surface area contributed by atoms with Gasteiger partial charge in [0.25, 0.3) is 0 Å². The first kappa shape index (κ1) is 16.3. The molecule has 4 heteroatoms. The Morgan fingerprint density at radius 1 is 0.815 bits per heavy atom. The fourth-order valence-electron chi connectivity index (χ4n) is 4.73. The molecule has 0 spiro atoms. The summed E-state index contributed by atoms with van der Waals surface area (Å²) in [5.74, 6) is 1.48. The third kappa shape index (κ3) is 2.43. The van der Waals surface area contributed by atoms with E-state index in [9.17, 15) is 9.59 Å². The zero-order chi connectivity index (χ0) is 18.7. The van der Waals surface area contributed by atoms with E-state index in [1.165, 1.54) is 16.0 Å². The van der Waals surface area contributed by atoms with Gasteiger partial charge in [-0.05, 0) is 79.6 Å². The Morgan fingerprint density at radius 2 is 1.41 bits per heavy atom. The molecular formula is C23H21NO3. The van der Waals surface area contributed by atoms with Crippen LogP contribution < -0.4 is 9.64 Å². The van der Waals surface area contributed by atoms with Crippen molar-refractivity contribution in [3.05, 3.63) is 65.7 Å². The molecule has 2 bridgehead atoms. The number of hydrogen-bond donors (Lipinski definition) is 0. The number of aryl methyl sites for hydroxylation is 2. The Kier molecular flexibility index (Phi) is 3.51. The Hall–Kier alpha value is -2.88. The average molecular weight is 359 g/mol. The van der Waals surface area contributed by atoms with E-state index in [1.54, 1.807) is 12.1 Å². The fraction of sp³-hybridized carbons (Fsp3) is 0.304. The molecule has 2 aliphatic carbocycles. The van der Waals surface area contributed by atoms with Crippen LogP contribution in [0.5, 0.6) is 11.5 Å². The molecule has 4 nitrogen and oxygen atoms in total. The summed E-state index contributed by atoms with van der Waals surface area (Å²) in [7, 11) is 0. The van der Waals surface area contributed by atoms with Gasteiger partial charge < -0.3 is 4.74 Å². The van der Waals surface area contributed by atoms with Crippen LogP contribution in [0, 0.1) is 37.5 Å². The molecule has 1 saturated carbocycles. The maximum atomic E-state index is 12.9. The van der Waals surface area contributed by atoms with E-state index >= 15 is 0 Å². The van der Waals surface area contributed by atoms with Crippen LogP contribution in [0.15, 0.2) is 54.6 Å². The zero-order valence-corrected chi connectivity index (χ0v) is 15.4. The molecule has 5 rings (SSSR count). The number of rotatable bonds is 3. The Morgan fingerprint density at radius 3 is 2.00 bits per heavy atom. The van der Waals surface area contributed by atoms with Crippen molar-refractivity contribution >= 4 is 17.5 Å². The second-order valence-electron chi connectivity index (χ2n) is 7.85. The lowest BCUT2D eigenvalue weighted by Crippen LogP contribution is -2.32. The van der Waals surface area contributed by atoms with Crippen molar-refractivity contribution in [1.29, 1.82) is 0 Å². The van der Waals surface area contributed by atoms with Crippen LogP contribution in [0.3, 0.4) is 0 Å². The third-order valence-electron chi connectivity index (χ3n) is 6.28. The number of amides is 2. The van der Waals surface area contributed by atoms with Gasteiger partial charge in [-0.1, -0.05) is 18.2 Å². The molecule has 1 saturated heterocycles. The summed E-state index contributed by atoms with van der Waals surface area (Å²) in [6, 6.07) is 13.2. The predicted molar refractivity (Wildman–Crippen MR) is 103 cm³/mol. The maximum absolute atomic E-state index is 12.9. The number of carbonyl (C=O) groups is 2. The Labute approximate surface area is 158 Å². The number of ether oxygens (including phenoxy) is 1. The summed E-state index contributed by atoms with van der Waals surface area (Å²) < 4.78 is 5.91. The highest BCUT2D eigenvalue weighted by Crippen LogP contribution is 2.53. The van der Waals surface area contributed by atoms with Crippen LogP contribution in [0.25, 0.3) is 0 Å². The van der Waals surface area contributed by atoms with Crippen molar-refractivity contribution in [2.45, 2.75) is 20.3 Å². The van der Waals surface area contributed by atoms with E-state index in [1.807, 2.05) is 30.3 Å². The van der Waals surface area contributed by atoms with E-state index in [4.69, 9.17) is 4.74 Å². The fourth-order valence-corrected chi connectivity index (χ4v) is 4.73. The number of allylic oxidation sites excluding steroid dienone is 2. The van der Waals surface area contributed by atoms with Gasteiger partial charge in [-0.15, -0.1) is 0 Å². The number of imide groups is 1. The topological polar surface area (TPSA) is 46.6 Å². The Balaban J connectivity index is 1.37. The molecular weight excluding hydrogens is 338 g/mol. The van der Waals surface area contributed by atoms with E-state index in [0.717, 1.165) is 12.2 Å². The average Bonchev–Trinajstić information content (AvgIpc) is 3.33. The zero-order valence-electron chi connectivity index (χ0n) is 15.4. The van der Waals surface area contributed by atoms with Crippen molar-refractivity contribution in [1.82, 2.24) is 0 Å². The smallest absolute Gasteiger partial charge is 0.238 e. The minimum Gasteiger partial charge on any atom is -0.457 e. The van der Waals surface area contributed by atoms with E-state index in [2.05, 4.69) is 26.0 Å². The van der Waals surface area contributed by atoms with Gasteiger partial charge in [-0.2, -0.15) is 0 Å². The maximum Gasteiger partial charge on any atom is 0.238 e. The van der Waals surface area contributed by atoms with Crippen LogP contribution in [-0.2, 0) is 9.59 Å². The molecule has 1 aliphatic heterocycles. The highest BCUT2D eigenvalue weighted by molar-refractivity contribution is 6.22. The third-order valence-corrected chi connectivity index (χ3v) is 6.28. The molecule has 1 heterocycles. The van der Waals surface area contributed by atoms with E-state index in [-0.39, 0.29) is 35.5 Å². The van der Waals surface area contributed by atoms with Gasteiger partial charge in [-0.25, -0.2) is 0 Å². The SMILES string of the molecule is Cc1ccc(Oc2ccc(N3C(=O)[C@@H]4[C@H](C3=O)[C@H]3C=C[C@H]4C3)cc2)cc1C. The van der Waals surface area contributed by atoms with Gasteiger partial charge in [0, 0.05) is 0 Å². The standard InChI is InChI=1S/C23H21NO3/c1-13-3-8-19(11-14(13)2)27-18-9-6-17(7-10-18)24-22(25)20-15-4-5-16(12-15)21(20)23(24)26/h3-11,15-16,20-21H,12H2,1-2H3/t15-,16-,20-,21+/m0/s1. The van der Waals surface area contributed by atoms with Crippen molar-refractivity contribution in [3.8, 4) is 11.5 Å². The first-order chi connectivity index (χ1) is 13.0. The van der Waals surface area contributed by atoms with Crippen molar-refractivity contribution in [3.63, 3.8) is 0 Å². The minimum atomic E-state index is -0.168. The van der Waals surface area contributed by atoms with Gasteiger partial charge in [0.1, 0.15) is 11.5 Å². The highest BCUT2D eigenvalue weighted by atomic mass is 16.5. The molecule has 27 heavy (non-hydrogen) atoms. The molecule has 2 amide bonds. The lowest BCUT2D eigenvalue weighted by atomic mass is 9.85. The number of anilines is 1. The monoisotopic (exact) mass is 359 g/mol. The summed E-state index contributed by atoms with van der Waals surface area (Å²) in [4.78, 5) is 27.1. The quantitative estimate of drug-likeness (QED) is 0.602. The molecule has 3 aliphatic rings.